The first kappa shape index (κ1) is 19.7. The molecular formula is C24H20ClFN2O3. The maximum atomic E-state index is 13.4. The van der Waals surface area contributed by atoms with E-state index in [4.69, 9.17) is 30.9 Å². The second-order valence-electron chi connectivity index (χ2n) is 7.42. The molecule has 0 aromatic heterocycles. The summed E-state index contributed by atoms with van der Waals surface area (Å²) in [6.07, 6.45) is 0.197. The lowest BCUT2D eigenvalue weighted by molar-refractivity contribution is -0.0191. The van der Waals surface area contributed by atoms with Crippen molar-refractivity contribution in [3.05, 3.63) is 88.2 Å². The molecule has 0 amide bonds. The van der Waals surface area contributed by atoms with Crippen molar-refractivity contribution < 1.29 is 18.6 Å². The van der Waals surface area contributed by atoms with Gasteiger partial charge in [-0.05, 0) is 54.1 Å². The standard InChI is InChI=1S/C24H20ClFN2O3/c1-29-22-9-5-15(11-23(22)30-2)24-28-20(18-12-16(25)6-10-21(18)31-24)13-19(27-28)14-3-7-17(26)8-4-14/h3-12,20,24H,13H2,1-2H3. The Labute approximate surface area is 184 Å². The van der Waals surface area contributed by atoms with Crippen LogP contribution in [0.2, 0.25) is 5.02 Å². The van der Waals surface area contributed by atoms with E-state index in [-0.39, 0.29) is 11.9 Å². The van der Waals surface area contributed by atoms with E-state index in [1.165, 1.54) is 12.1 Å². The Kier molecular flexibility index (Phi) is 4.94. The number of fused-ring (bicyclic) bond motifs is 3. The first-order valence-corrected chi connectivity index (χ1v) is 10.2. The van der Waals surface area contributed by atoms with E-state index in [2.05, 4.69) is 0 Å². The lowest BCUT2D eigenvalue weighted by atomic mass is 9.96. The molecule has 0 saturated heterocycles. The topological polar surface area (TPSA) is 43.3 Å². The van der Waals surface area contributed by atoms with E-state index < -0.39 is 6.23 Å². The number of hydrogen-bond donors (Lipinski definition) is 0. The predicted octanol–water partition coefficient (Wildman–Crippen LogP) is 5.74. The third-order valence-corrected chi connectivity index (χ3v) is 5.86. The number of nitrogens with zero attached hydrogens (tertiary/aromatic N) is 2. The fourth-order valence-corrected chi connectivity index (χ4v) is 4.28. The summed E-state index contributed by atoms with van der Waals surface area (Å²) in [5.41, 5.74) is 3.61. The Bertz CT molecular complexity index is 1170. The fraction of sp³-hybridized carbons (Fsp3) is 0.208. The third kappa shape index (κ3) is 3.47. The summed E-state index contributed by atoms with van der Waals surface area (Å²) in [7, 11) is 3.20. The molecule has 158 valence electrons. The van der Waals surface area contributed by atoms with Crippen molar-refractivity contribution in [3.8, 4) is 17.2 Å². The number of ether oxygens (including phenoxy) is 3. The van der Waals surface area contributed by atoms with Gasteiger partial charge in [0.25, 0.3) is 0 Å². The maximum Gasteiger partial charge on any atom is 0.214 e. The number of rotatable bonds is 4. The van der Waals surface area contributed by atoms with Crippen LogP contribution in [0.3, 0.4) is 0 Å². The van der Waals surface area contributed by atoms with Crippen LogP contribution in [-0.2, 0) is 0 Å². The average molecular weight is 439 g/mol. The number of hydrogen-bond acceptors (Lipinski definition) is 5. The van der Waals surface area contributed by atoms with Crippen molar-refractivity contribution in [2.45, 2.75) is 18.7 Å². The molecule has 2 aliphatic heterocycles. The molecule has 2 atom stereocenters. The van der Waals surface area contributed by atoms with Crippen LogP contribution in [0.5, 0.6) is 17.2 Å². The van der Waals surface area contributed by atoms with Crippen molar-refractivity contribution in [2.24, 2.45) is 5.10 Å². The van der Waals surface area contributed by atoms with Gasteiger partial charge in [-0.1, -0.05) is 23.7 Å². The summed E-state index contributed by atoms with van der Waals surface area (Å²) in [6, 6.07) is 17.6. The van der Waals surface area contributed by atoms with E-state index in [1.54, 1.807) is 26.4 Å². The molecule has 5 rings (SSSR count). The summed E-state index contributed by atoms with van der Waals surface area (Å²) in [6.45, 7) is 0. The number of benzene rings is 3. The van der Waals surface area contributed by atoms with E-state index in [0.29, 0.717) is 22.9 Å². The SMILES string of the molecule is COc1ccc(C2Oc3ccc(Cl)cc3C3CC(c4ccc(F)cc4)=NN32)cc1OC. The lowest BCUT2D eigenvalue weighted by Gasteiger charge is -2.38. The van der Waals surface area contributed by atoms with Gasteiger partial charge < -0.3 is 14.2 Å². The Hall–Kier alpha value is -3.25. The van der Waals surface area contributed by atoms with Crippen LogP contribution in [0.4, 0.5) is 4.39 Å². The van der Waals surface area contributed by atoms with Crippen LogP contribution in [0, 0.1) is 5.82 Å². The molecule has 0 fully saturated rings. The predicted molar refractivity (Wildman–Crippen MR) is 117 cm³/mol. The normalized spacial score (nSPS) is 19.2. The molecule has 0 aliphatic carbocycles. The van der Waals surface area contributed by atoms with Gasteiger partial charge in [-0.25, -0.2) is 9.40 Å². The highest BCUT2D eigenvalue weighted by Gasteiger charge is 2.41. The summed E-state index contributed by atoms with van der Waals surface area (Å²) in [5, 5.41) is 7.47. The van der Waals surface area contributed by atoms with Crippen molar-refractivity contribution in [1.82, 2.24) is 5.01 Å². The molecule has 3 aromatic rings. The molecule has 0 N–H and O–H groups in total. The summed E-state index contributed by atoms with van der Waals surface area (Å²) in [5.74, 6) is 1.75. The van der Waals surface area contributed by atoms with Crippen molar-refractivity contribution in [2.75, 3.05) is 14.2 Å². The molecular weight excluding hydrogens is 419 g/mol. The second kappa shape index (κ2) is 7.78. The number of hydrazone groups is 1. The Morgan fingerprint density at radius 1 is 1.00 bits per heavy atom. The van der Waals surface area contributed by atoms with Gasteiger partial charge in [0, 0.05) is 22.6 Å². The Morgan fingerprint density at radius 2 is 1.77 bits per heavy atom. The second-order valence-corrected chi connectivity index (χ2v) is 7.86. The number of halogens is 2. The molecule has 0 bridgehead atoms. The van der Waals surface area contributed by atoms with Gasteiger partial charge in [0.05, 0.1) is 26.0 Å². The Balaban J connectivity index is 1.60. The summed E-state index contributed by atoms with van der Waals surface area (Å²) in [4.78, 5) is 0. The molecule has 0 spiro atoms. The smallest absolute Gasteiger partial charge is 0.214 e. The zero-order valence-electron chi connectivity index (χ0n) is 17.0. The lowest BCUT2D eigenvalue weighted by Crippen LogP contribution is -2.33. The van der Waals surface area contributed by atoms with Gasteiger partial charge in [0.1, 0.15) is 11.6 Å². The van der Waals surface area contributed by atoms with E-state index in [9.17, 15) is 4.39 Å². The van der Waals surface area contributed by atoms with Crippen LogP contribution in [0.1, 0.15) is 35.4 Å². The molecule has 2 heterocycles. The van der Waals surface area contributed by atoms with Crippen LogP contribution in [0.25, 0.3) is 0 Å². The molecule has 31 heavy (non-hydrogen) atoms. The monoisotopic (exact) mass is 438 g/mol. The molecule has 0 radical (unpaired) electrons. The van der Waals surface area contributed by atoms with Gasteiger partial charge in [-0.3, -0.25) is 0 Å². The first-order chi connectivity index (χ1) is 15.1. The maximum absolute atomic E-state index is 13.4. The van der Waals surface area contributed by atoms with Gasteiger partial charge in [-0.2, -0.15) is 5.10 Å². The molecule has 5 nitrogen and oxygen atoms in total. The third-order valence-electron chi connectivity index (χ3n) is 5.62. The molecule has 2 unspecified atom stereocenters. The highest BCUT2D eigenvalue weighted by atomic mass is 35.5. The zero-order valence-corrected chi connectivity index (χ0v) is 17.8. The number of methoxy groups -OCH3 is 2. The fourth-order valence-electron chi connectivity index (χ4n) is 4.10. The summed E-state index contributed by atoms with van der Waals surface area (Å²) >= 11 is 6.28. The van der Waals surface area contributed by atoms with Gasteiger partial charge >= 0.3 is 0 Å². The van der Waals surface area contributed by atoms with Crippen molar-refractivity contribution in [1.29, 1.82) is 0 Å². The highest BCUT2D eigenvalue weighted by molar-refractivity contribution is 6.30. The Morgan fingerprint density at radius 3 is 2.52 bits per heavy atom. The van der Waals surface area contributed by atoms with Gasteiger partial charge in [0.2, 0.25) is 6.23 Å². The average Bonchev–Trinajstić information content (AvgIpc) is 3.24. The van der Waals surface area contributed by atoms with Crippen LogP contribution in [0.15, 0.2) is 65.8 Å². The minimum Gasteiger partial charge on any atom is -0.493 e. The highest BCUT2D eigenvalue weighted by Crippen LogP contribution is 2.48. The first-order valence-electron chi connectivity index (χ1n) is 9.87. The largest absolute Gasteiger partial charge is 0.493 e. The molecule has 2 aliphatic rings. The summed E-state index contributed by atoms with van der Waals surface area (Å²) < 4.78 is 30.6. The van der Waals surface area contributed by atoms with Crippen molar-refractivity contribution >= 4 is 17.3 Å². The van der Waals surface area contributed by atoms with Crippen LogP contribution >= 0.6 is 11.6 Å². The van der Waals surface area contributed by atoms with Gasteiger partial charge in [0.15, 0.2) is 11.5 Å². The van der Waals surface area contributed by atoms with E-state index in [1.807, 2.05) is 41.4 Å². The quantitative estimate of drug-likeness (QED) is 0.521. The zero-order chi connectivity index (χ0) is 21.5. The molecule has 3 aromatic carbocycles. The minimum atomic E-state index is -0.462. The van der Waals surface area contributed by atoms with E-state index in [0.717, 1.165) is 28.2 Å². The minimum absolute atomic E-state index is 0.0550. The molecule has 7 heteroatoms. The molecule has 0 saturated carbocycles. The van der Waals surface area contributed by atoms with Crippen LogP contribution in [-0.4, -0.2) is 24.9 Å². The van der Waals surface area contributed by atoms with Crippen molar-refractivity contribution in [3.63, 3.8) is 0 Å². The van der Waals surface area contributed by atoms with Crippen LogP contribution < -0.4 is 14.2 Å². The van der Waals surface area contributed by atoms with E-state index >= 15 is 0 Å². The van der Waals surface area contributed by atoms with Gasteiger partial charge in [-0.15, -0.1) is 0 Å².